The molecule has 3 aromatic rings. The molecule has 6 heteroatoms. The molecule has 0 spiro atoms. The van der Waals surface area contributed by atoms with Crippen LogP contribution in [0, 0.1) is 23.2 Å². The molecule has 0 bridgehead atoms. The molecule has 1 aliphatic heterocycles. The zero-order valence-corrected chi connectivity index (χ0v) is 15.6. The van der Waals surface area contributed by atoms with Crippen LogP contribution in [-0.4, -0.2) is 38.4 Å². The molecule has 0 atom stereocenters. The topological polar surface area (TPSA) is 74.3 Å². The first kappa shape index (κ1) is 17.1. The summed E-state index contributed by atoms with van der Waals surface area (Å²) in [4.78, 5) is 18.9. The number of benzene rings is 1. The van der Waals surface area contributed by atoms with E-state index in [9.17, 15) is 4.79 Å². The molecule has 1 aliphatic carbocycles. The summed E-state index contributed by atoms with van der Waals surface area (Å²) >= 11 is 0. The molecule has 140 valence electrons. The van der Waals surface area contributed by atoms with Gasteiger partial charge in [0, 0.05) is 31.1 Å². The Labute approximate surface area is 163 Å². The first-order chi connectivity index (χ1) is 13.7. The molecule has 2 aromatic heterocycles. The van der Waals surface area contributed by atoms with Crippen molar-refractivity contribution in [1.29, 1.82) is 5.26 Å². The number of hydrogen-bond donors (Lipinski definition) is 0. The number of nitrogens with zero attached hydrogens (tertiary/aromatic N) is 5. The predicted molar refractivity (Wildman–Crippen MR) is 104 cm³/mol. The van der Waals surface area contributed by atoms with Gasteiger partial charge in [0.15, 0.2) is 11.5 Å². The quantitative estimate of drug-likeness (QED) is 0.666. The highest BCUT2D eigenvalue weighted by atomic mass is 16.1. The third-order valence-corrected chi connectivity index (χ3v) is 5.56. The number of aromatic nitrogens is 3. The summed E-state index contributed by atoms with van der Waals surface area (Å²) in [6, 6.07) is 16.7. The molecule has 1 saturated heterocycles. The second-order valence-corrected chi connectivity index (χ2v) is 7.84. The van der Waals surface area contributed by atoms with E-state index >= 15 is 0 Å². The van der Waals surface area contributed by atoms with Gasteiger partial charge < -0.3 is 0 Å². The van der Waals surface area contributed by atoms with Crippen LogP contribution in [0.1, 0.15) is 24.2 Å². The minimum Gasteiger partial charge on any atom is -0.299 e. The van der Waals surface area contributed by atoms with Crippen LogP contribution in [0.4, 0.5) is 0 Å². The number of rotatable bonds is 6. The van der Waals surface area contributed by atoms with Crippen molar-refractivity contribution in [1.82, 2.24) is 19.5 Å². The third kappa shape index (κ3) is 3.30. The van der Waals surface area contributed by atoms with Crippen LogP contribution in [0.2, 0.25) is 0 Å². The highest BCUT2D eigenvalue weighted by Gasteiger charge is 2.30. The van der Waals surface area contributed by atoms with Crippen molar-refractivity contribution in [3.63, 3.8) is 0 Å². The largest absolute Gasteiger partial charge is 0.299 e. The van der Waals surface area contributed by atoms with Gasteiger partial charge in [0.25, 0.3) is 0 Å². The van der Waals surface area contributed by atoms with E-state index in [1.54, 1.807) is 0 Å². The first-order valence-corrected chi connectivity index (χ1v) is 9.78. The van der Waals surface area contributed by atoms with Gasteiger partial charge in [-0.25, -0.2) is 9.50 Å². The van der Waals surface area contributed by atoms with Crippen molar-refractivity contribution in [2.45, 2.75) is 25.8 Å². The normalized spacial score (nSPS) is 17.4. The zero-order chi connectivity index (χ0) is 19.1. The third-order valence-electron chi connectivity index (χ3n) is 5.56. The molecule has 3 heterocycles. The summed E-state index contributed by atoms with van der Waals surface area (Å²) in [5.41, 5.74) is 4.04. The van der Waals surface area contributed by atoms with Gasteiger partial charge in [-0.2, -0.15) is 10.4 Å². The molecular formula is C22H21N5O. The van der Waals surface area contributed by atoms with Gasteiger partial charge in [-0.3, -0.25) is 9.69 Å². The van der Waals surface area contributed by atoms with Crippen LogP contribution in [0.5, 0.6) is 0 Å². The number of ketones is 1. The second-order valence-electron chi connectivity index (χ2n) is 7.84. The SMILES string of the molecule is N#CC1CN(Cc2ccc(-c3cccc4nc(CC(=O)C5CC5)nn34)cc2)C1. The van der Waals surface area contributed by atoms with Gasteiger partial charge in [-0.15, -0.1) is 0 Å². The van der Waals surface area contributed by atoms with Gasteiger partial charge >= 0.3 is 0 Å². The van der Waals surface area contributed by atoms with Crippen molar-refractivity contribution in [2.24, 2.45) is 11.8 Å². The average Bonchev–Trinajstić information content (AvgIpc) is 3.45. The maximum atomic E-state index is 12.1. The smallest absolute Gasteiger partial charge is 0.159 e. The maximum Gasteiger partial charge on any atom is 0.159 e. The maximum absolute atomic E-state index is 12.1. The number of pyridine rings is 1. The summed E-state index contributed by atoms with van der Waals surface area (Å²) in [5.74, 6) is 1.27. The summed E-state index contributed by atoms with van der Waals surface area (Å²) in [6.07, 6.45) is 2.35. The van der Waals surface area contributed by atoms with E-state index in [1.165, 1.54) is 5.56 Å². The monoisotopic (exact) mass is 371 g/mol. The van der Waals surface area contributed by atoms with Crippen LogP contribution in [0.3, 0.4) is 0 Å². The van der Waals surface area contributed by atoms with Crippen LogP contribution < -0.4 is 0 Å². The number of likely N-dealkylation sites (tertiary alicyclic amines) is 1. The molecule has 0 unspecified atom stereocenters. The number of hydrogen-bond acceptors (Lipinski definition) is 5. The fourth-order valence-corrected chi connectivity index (χ4v) is 3.77. The standard InChI is InChI=1S/C22H21N5O/c23-11-16-13-26(14-16)12-15-4-6-17(7-5-15)19-2-1-3-22-24-21(25-27(19)22)10-20(28)18-8-9-18/h1-7,16,18H,8-10,12-14H2. The van der Waals surface area contributed by atoms with Gasteiger partial charge in [0.05, 0.1) is 24.1 Å². The molecule has 6 nitrogen and oxygen atoms in total. The van der Waals surface area contributed by atoms with Crippen LogP contribution in [-0.2, 0) is 17.8 Å². The van der Waals surface area contributed by atoms with Crippen molar-refractivity contribution in [3.05, 3.63) is 53.9 Å². The summed E-state index contributed by atoms with van der Waals surface area (Å²) in [5, 5.41) is 13.5. The number of Topliss-reactive ketones (excluding diaryl/α,β-unsaturated/α-hetero) is 1. The average molecular weight is 371 g/mol. The molecule has 1 saturated carbocycles. The fourth-order valence-electron chi connectivity index (χ4n) is 3.77. The van der Waals surface area contributed by atoms with Crippen LogP contribution >= 0.6 is 0 Å². The van der Waals surface area contributed by atoms with Gasteiger partial charge in [0.1, 0.15) is 5.78 Å². The highest BCUT2D eigenvalue weighted by molar-refractivity contribution is 5.84. The number of carbonyl (C=O) groups is 1. The Balaban J connectivity index is 1.35. The highest BCUT2D eigenvalue weighted by Crippen LogP contribution is 2.31. The Hall–Kier alpha value is -3.04. The van der Waals surface area contributed by atoms with E-state index in [2.05, 4.69) is 45.3 Å². The molecule has 0 N–H and O–H groups in total. The molecule has 2 fully saturated rings. The van der Waals surface area contributed by atoms with E-state index in [0.717, 1.165) is 49.4 Å². The Morgan fingerprint density at radius 1 is 1.14 bits per heavy atom. The summed E-state index contributed by atoms with van der Waals surface area (Å²) < 4.78 is 1.83. The van der Waals surface area contributed by atoms with E-state index in [-0.39, 0.29) is 17.6 Å². The second kappa shape index (κ2) is 6.84. The molecule has 2 aliphatic rings. The Morgan fingerprint density at radius 2 is 1.93 bits per heavy atom. The predicted octanol–water partition coefficient (Wildman–Crippen LogP) is 2.87. The Morgan fingerprint density at radius 3 is 2.64 bits per heavy atom. The van der Waals surface area contributed by atoms with E-state index in [4.69, 9.17) is 5.26 Å². The number of carbonyl (C=O) groups excluding carboxylic acids is 1. The lowest BCUT2D eigenvalue weighted by atomic mass is 10.0. The lowest BCUT2D eigenvalue weighted by Gasteiger charge is -2.35. The van der Waals surface area contributed by atoms with E-state index in [1.807, 2.05) is 22.7 Å². The Kier molecular flexibility index (Phi) is 4.18. The minimum atomic E-state index is 0.185. The van der Waals surface area contributed by atoms with Crippen molar-refractivity contribution < 1.29 is 4.79 Å². The zero-order valence-electron chi connectivity index (χ0n) is 15.6. The Bertz CT molecular complexity index is 1070. The summed E-state index contributed by atoms with van der Waals surface area (Å²) in [7, 11) is 0. The van der Waals surface area contributed by atoms with Crippen LogP contribution in [0.25, 0.3) is 16.9 Å². The fraction of sp³-hybridized carbons (Fsp3) is 0.364. The van der Waals surface area contributed by atoms with Crippen molar-refractivity contribution in [3.8, 4) is 17.3 Å². The first-order valence-electron chi connectivity index (χ1n) is 9.78. The van der Waals surface area contributed by atoms with E-state index < -0.39 is 0 Å². The molecule has 0 radical (unpaired) electrons. The molecule has 0 amide bonds. The molecular weight excluding hydrogens is 350 g/mol. The lowest BCUT2D eigenvalue weighted by molar-refractivity contribution is -0.119. The minimum absolute atomic E-state index is 0.185. The number of fused-ring (bicyclic) bond motifs is 1. The van der Waals surface area contributed by atoms with Gasteiger partial charge in [-0.05, 0) is 30.5 Å². The van der Waals surface area contributed by atoms with Crippen molar-refractivity contribution in [2.75, 3.05) is 13.1 Å². The number of nitriles is 1. The molecule has 1 aromatic carbocycles. The molecule has 28 heavy (non-hydrogen) atoms. The summed E-state index contributed by atoms with van der Waals surface area (Å²) in [6.45, 7) is 2.59. The van der Waals surface area contributed by atoms with E-state index in [0.29, 0.717) is 12.2 Å². The van der Waals surface area contributed by atoms with Gasteiger partial charge in [-0.1, -0.05) is 30.3 Å². The molecule has 5 rings (SSSR count). The van der Waals surface area contributed by atoms with Gasteiger partial charge in [0.2, 0.25) is 0 Å². The van der Waals surface area contributed by atoms with Crippen molar-refractivity contribution >= 4 is 11.4 Å². The lowest BCUT2D eigenvalue weighted by Crippen LogP contribution is -2.45. The van der Waals surface area contributed by atoms with Crippen LogP contribution in [0.15, 0.2) is 42.5 Å².